The third-order valence-electron chi connectivity index (χ3n) is 5.72. The van der Waals surface area contributed by atoms with Gasteiger partial charge < -0.3 is 10.2 Å². The van der Waals surface area contributed by atoms with Crippen LogP contribution < -0.4 is 5.32 Å². The molecule has 4 heterocycles. The SMILES string of the molecule is Cc1ccc(-c2ncccn2)c(C(=O)N2C[C@H](C)CCC2CNc2ncc(C(F)(F)F)cn2)n1. The molecule has 1 aliphatic heterocycles. The lowest BCUT2D eigenvalue weighted by Gasteiger charge is -2.39. The number of nitrogens with zero attached hydrogens (tertiary/aromatic N) is 6. The lowest BCUT2D eigenvalue weighted by Crippen LogP contribution is -2.49. The van der Waals surface area contributed by atoms with E-state index in [1.807, 2.05) is 13.0 Å². The molecule has 1 N–H and O–H groups in total. The highest BCUT2D eigenvalue weighted by atomic mass is 19.4. The summed E-state index contributed by atoms with van der Waals surface area (Å²) in [6.45, 7) is 4.72. The molecule has 0 aromatic carbocycles. The molecule has 0 radical (unpaired) electrons. The first kappa shape index (κ1) is 23.5. The van der Waals surface area contributed by atoms with Crippen molar-refractivity contribution in [2.45, 2.75) is 38.9 Å². The van der Waals surface area contributed by atoms with Crippen LogP contribution in [0.15, 0.2) is 43.0 Å². The summed E-state index contributed by atoms with van der Waals surface area (Å²) in [7, 11) is 0. The predicted octanol–water partition coefficient (Wildman–Crippen LogP) is 4.01. The molecule has 3 aromatic rings. The zero-order chi connectivity index (χ0) is 24.3. The highest BCUT2D eigenvalue weighted by Gasteiger charge is 2.33. The zero-order valence-corrected chi connectivity index (χ0v) is 18.8. The number of hydrogen-bond donors (Lipinski definition) is 1. The molecule has 0 aliphatic carbocycles. The first-order valence-electron chi connectivity index (χ1n) is 10.9. The van der Waals surface area contributed by atoms with Crippen molar-refractivity contribution in [3.8, 4) is 11.4 Å². The van der Waals surface area contributed by atoms with Crippen LogP contribution in [0.2, 0.25) is 0 Å². The number of aromatic nitrogens is 5. The van der Waals surface area contributed by atoms with Crippen LogP contribution in [0, 0.1) is 12.8 Å². The molecule has 1 unspecified atom stereocenters. The standard InChI is InChI=1S/C23H24F3N7O/c1-14-4-6-17(12-31-22-29-10-16(11-30-22)23(24,25)26)33(13-14)21(34)19-18(7-5-15(2)32-19)20-27-8-3-9-28-20/h3,5,7-11,14,17H,4,6,12-13H2,1-2H3,(H,29,30,31)/t14-,17?/m1/s1. The summed E-state index contributed by atoms with van der Waals surface area (Å²) in [6, 6.07) is 5.09. The Balaban J connectivity index is 1.56. The van der Waals surface area contributed by atoms with E-state index in [9.17, 15) is 18.0 Å². The maximum Gasteiger partial charge on any atom is 0.419 e. The van der Waals surface area contributed by atoms with Crippen LogP contribution in [0.5, 0.6) is 0 Å². The maximum atomic E-state index is 13.7. The number of hydrogen-bond acceptors (Lipinski definition) is 7. The summed E-state index contributed by atoms with van der Waals surface area (Å²) in [6.07, 6.45) is 1.84. The summed E-state index contributed by atoms with van der Waals surface area (Å²) >= 11 is 0. The molecule has 1 saturated heterocycles. The average molecular weight is 471 g/mol. The third-order valence-corrected chi connectivity index (χ3v) is 5.72. The molecule has 1 aliphatic rings. The Morgan fingerprint density at radius 3 is 2.50 bits per heavy atom. The number of carbonyl (C=O) groups is 1. The summed E-state index contributed by atoms with van der Waals surface area (Å²) in [4.78, 5) is 36.0. The Hall–Kier alpha value is -3.63. The number of alkyl halides is 3. The van der Waals surface area contributed by atoms with Crippen LogP contribution in [0.1, 0.15) is 41.5 Å². The topological polar surface area (TPSA) is 96.8 Å². The maximum absolute atomic E-state index is 13.7. The number of nitrogens with one attached hydrogen (secondary N) is 1. The Morgan fingerprint density at radius 2 is 1.82 bits per heavy atom. The Bertz CT molecular complexity index is 1140. The molecule has 3 aromatic heterocycles. The second-order valence-corrected chi connectivity index (χ2v) is 8.39. The van der Waals surface area contributed by atoms with Gasteiger partial charge in [0.2, 0.25) is 5.95 Å². The van der Waals surface area contributed by atoms with Gasteiger partial charge in [0.15, 0.2) is 5.82 Å². The monoisotopic (exact) mass is 471 g/mol. The first-order chi connectivity index (χ1) is 16.2. The summed E-state index contributed by atoms with van der Waals surface area (Å²) in [5.41, 5.74) is 0.603. The van der Waals surface area contributed by atoms with Crippen LogP contribution in [0.4, 0.5) is 19.1 Å². The lowest BCUT2D eigenvalue weighted by molar-refractivity contribution is -0.138. The van der Waals surface area contributed by atoms with Crippen LogP contribution in [0.3, 0.4) is 0 Å². The molecular formula is C23H24F3N7O. The molecule has 1 amide bonds. The predicted molar refractivity (Wildman–Crippen MR) is 119 cm³/mol. The van der Waals surface area contributed by atoms with E-state index in [-0.39, 0.29) is 23.6 Å². The fraction of sp³-hybridized carbons (Fsp3) is 0.391. The van der Waals surface area contributed by atoms with E-state index in [0.29, 0.717) is 36.1 Å². The number of piperidine rings is 1. The van der Waals surface area contributed by atoms with Gasteiger partial charge >= 0.3 is 6.18 Å². The van der Waals surface area contributed by atoms with Gasteiger partial charge in [-0.25, -0.2) is 24.9 Å². The van der Waals surface area contributed by atoms with E-state index in [1.54, 1.807) is 29.4 Å². The third kappa shape index (κ3) is 5.29. The zero-order valence-electron chi connectivity index (χ0n) is 18.8. The Morgan fingerprint density at radius 1 is 1.12 bits per heavy atom. The van der Waals surface area contributed by atoms with Gasteiger partial charge in [0.25, 0.3) is 5.91 Å². The molecule has 178 valence electrons. The van der Waals surface area contributed by atoms with Crippen molar-refractivity contribution in [2.24, 2.45) is 5.92 Å². The molecule has 0 bridgehead atoms. The Labute approximate surface area is 194 Å². The normalized spacial score (nSPS) is 18.6. The second-order valence-electron chi connectivity index (χ2n) is 8.39. The van der Waals surface area contributed by atoms with Crippen molar-refractivity contribution >= 4 is 11.9 Å². The van der Waals surface area contributed by atoms with Gasteiger partial charge in [-0.3, -0.25) is 4.79 Å². The lowest BCUT2D eigenvalue weighted by atomic mass is 9.93. The van der Waals surface area contributed by atoms with Crippen molar-refractivity contribution < 1.29 is 18.0 Å². The summed E-state index contributed by atoms with van der Waals surface area (Å²) < 4.78 is 38.3. The van der Waals surface area contributed by atoms with E-state index < -0.39 is 11.7 Å². The number of amides is 1. The smallest absolute Gasteiger partial charge is 0.352 e. The molecule has 1 fully saturated rings. The number of halogens is 3. The summed E-state index contributed by atoms with van der Waals surface area (Å²) in [5.74, 6) is 0.545. The van der Waals surface area contributed by atoms with E-state index in [2.05, 4.69) is 37.2 Å². The van der Waals surface area contributed by atoms with Gasteiger partial charge in [0.1, 0.15) is 5.69 Å². The minimum atomic E-state index is -4.50. The van der Waals surface area contributed by atoms with Crippen LogP contribution in [-0.2, 0) is 6.18 Å². The van der Waals surface area contributed by atoms with Gasteiger partial charge in [0, 0.05) is 49.6 Å². The highest BCUT2D eigenvalue weighted by molar-refractivity contribution is 5.98. The minimum absolute atomic E-state index is 0.0751. The second kappa shape index (κ2) is 9.70. The summed E-state index contributed by atoms with van der Waals surface area (Å²) in [5, 5.41) is 2.97. The largest absolute Gasteiger partial charge is 0.419 e. The van der Waals surface area contributed by atoms with Crippen LogP contribution in [0.25, 0.3) is 11.4 Å². The van der Waals surface area contributed by atoms with E-state index >= 15 is 0 Å². The number of anilines is 1. The first-order valence-corrected chi connectivity index (χ1v) is 10.9. The minimum Gasteiger partial charge on any atom is -0.352 e. The number of pyridine rings is 1. The molecule has 11 heteroatoms. The van der Waals surface area contributed by atoms with Gasteiger partial charge in [-0.1, -0.05) is 6.92 Å². The molecule has 0 spiro atoms. The van der Waals surface area contributed by atoms with Gasteiger partial charge in [-0.2, -0.15) is 13.2 Å². The van der Waals surface area contributed by atoms with Crippen molar-refractivity contribution in [1.29, 1.82) is 0 Å². The molecule has 4 rings (SSSR count). The Kier molecular flexibility index (Phi) is 6.71. The van der Waals surface area contributed by atoms with Crippen molar-refractivity contribution in [1.82, 2.24) is 29.8 Å². The molecule has 2 atom stereocenters. The number of likely N-dealkylation sites (tertiary alicyclic amines) is 1. The molecule has 0 saturated carbocycles. The van der Waals surface area contributed by atoms with Crippen LogP contribution in [-0.4, -0.2) is 54.9 Å². The van der Waals surface area contributed by atoms with Gasteiger partial charge in [-0.15, -0.1) is 0 Å². The van der Waals surface area contributed by atoms with Gasteiger partial charge in [-0.05, 0) is 43.9 Å². The van der Waals surface area contributed by atoms with Crippen molar-refractivity contribution in [2.75, 3.05) is 18.4 Å². The fourth-order valence-electron chi connectivity index (χ4n) is 3.92. The number of aryl methyl sites for hydroxylation is 1. The van der Waals surface area contributed by atoms with E-state index in [1.165, 1.54) is 0 Å². The highest BCUT2D eigenvalue weighted by Crippen LogP contribution is 2.29. The average Bonchev–Trinajstić information content (AvgIpc) is 2.83. The van der Waals surface area contributed by atoms with E-state index in [0.717, 1.165) is 25.2 Å². The quantitative estimate of drug-likeness (QED) is 0.601. The molecular weight excluding hydrogens is 447 g/mol. The van der Waals surface area contributed by atoms with Gasteiger partial charge in [0.05, 0.1) is 11.1 Å². The number of rotatable bonds is 5. The van der Waals surface area contributed by atoms with Crippen molar-refractivity contribution in [3.63, 3.8) is 0 Å². The fourth-order valence-corrected chi connectivity index (χ4v) is 3.92. The number of carbonyl (C=O) groups excluding carboxylic acids is 1. The van der Waals surface area contributed by atoms with Crippen molar-refractivity contribution in [3.05, 3.63) is 59.9 Å². The molecule has 8 nitrogen and oxygen atoms in total. The molecule has 34 heavy (non-hydrogen) atoms. The van der Waals surface area contributed by atoms with Crippen LogP contribution >= 0.6 is 0 Å². The van der Waals surface area contributed by atoms with E-state index in [4.69, 9.17) is 0 Å².